The smallest absolute Gasteiger partial charge is 0.391 e. The van der Waals surface area contributed by atoms with Crippen LogP contribution in [0.2, 0.25) is 0 Å². The van der Waals surface area contributed by atoms with E-state index in [2.05, 4.69) is 10.4 Å². The number of anilines is 1. The molecule has 5 nitrogen and oxygen atoms in total. The van der Waals surface area contributed by atoms with Crippen molar-refractivity contribution in [1.29, 1.82) is 0 Å². The van der Waals surface area contributed by atoms with Crippen molar-refractivity contribution in [3.63, 3.8) is 0 Å². The number of rotatable bonds is 3. The molecule has 2 aromatic carbocycles. The summed E-state index contributed by atoms with van der Waals surface area (Å²) in [5.74, 6) is 0.172. The maximum atomic E-state index is 13.3. The molecule has 0 aliphatic carbocycles. The lowest BCUT2D eigenvalue weighted by Crippen LogP contribution is -2.18. The van der Waals surface area contributed by atoms with Crippen molar-refractivity contribution in [3.05, 3.63) is 65.4 Å². The summed E-state index contributed by atoms with van der Waals surface area (Å²) in [4.78, 5) is 12.0. The van der Waals surface area contributed by atoms with Crippen molar-refractivity contribution in [3.8, 4) is 17.0 Å². The lowest BCUT2D eigenvalue weighted by atomic mass is 9.96. The molecular formula is C20H15F6N3O2. The summed E-state index contributed by atoms with van der Waals surface area (Å²) in [6.45, 7) is 1.70. The van der Waals surface area contributed by atoms with Gasteiger partial charge in [0, 0.05) is 18.8 Å². The highest BCUT2D eigenvalue weighted by molar-refractivity contribution is 5.86. The van der Waals surface area contributed by atoms with Crippen LogP contribution in [0.4, 0.5) is 36.8 Å². The minimum absolute atomic E-state index is 0.0976. The molecular weight excluding hydrogens is 428 g/mol. The fraction of sp³-hybridized carbons (Fsp3) is 0.200. The van der Waals surface area contributed by atoms with E-state index in [9.17, 15) is 31.1 Å². The molecule has 0 fully saturated rings. The Bertz CT molecular complexity index is 1100. The highest BCUT2D eigenvalue weighted by atomic mass is 19.4. The number of carbonyl (C=O) groups excluding carboxylic acids is 1. The normalized spacial score (nSPS) is 12.0. The van der Waals surface area contributed by atoms with Gasteiger partial charge >= 0.3 is 18.4 Å². The fourth-order valence-electron chi connectivity index (χ4n) is 2.86. The van der Waals surface area contributed by atoms with Crippen LogP contribution < -0.4 is 10.1 Å². The summed E-state index contributed by atoms with van der Waals surface area (Å²) in [7, 11) is 1.57. The van der Waals surface area contributed by atoms with Crippen molar-refractivity contribution in [2.75, 3.05) is 5.32 Å². The van der Waals surface area contributed by atoms with Gasteiger partial charge < -0.3 is 4.74 Å². The third kappa shape index (κ3) is 5.16. The van der Waals surface area contributed by atoms with Gasteiger partial charge in [0.15, 0.2) is 0 Å². The number of aromatic nitrogens is 2. The number of amides is 1. The highest BCUT2D eigenvalue weighted by Gasteiger charge is 2.37. The van der Waals surface area contributed by atoms with Gasteiger partial charge in [-0.25, -0.2) is 9.48 Å². The first-order chi connectivity index (χ1) is 14.3. The van der Waals surface area contributed by atoms with Gasteiger partial charge in [0.1, 0.15) is 0 Å². The molecule has 1 aromatic heterocycles. The molecule has 1 heterocycles. The molecule has 1 amide bonds. The second kappa shape index (κ2) is 7.97. The van der Waals surface area contributed by atoms with E-state index in [-0.39, 0.29) is 17.1 Å². The average molecular weight is 443 g/mol. The molecule has 3 aromatic rings. The molecule has 3 rings (SSSR count). The molecule has 0 saturated heterocycles. The van der Waals surface area contributed by atoms with Crippen molar-refractivity contribution < 1.29 is 35.9 Å². The molecule has 0 spiro atoms. The number of hydrogen-bond donors (Lipinski definition) is 1. The summed E-state index contributed by atoms with van der Waals surface area (Å²) in [6, 6.07) is 7.62. The van der Waals surface area contributed by atoms with Crippen LogP contribution in [0.25, 0.3) is 11.1 Å². The number of hydrogen-bond acceptors (Lipinski definition) is 3. The molecule has 0 radical (unpaired) electrons. The van der Waals surface area contributed by atoms with Gasteiger partial charge in [0.25, 0.3) is 0 Å². The van der Waals surface area contributed by atoms with Crippen molar-refractivity contribution in [2.45, 2.75) is 19.3 Å². The van der Waals surface area contributed by atoms with Crippen LogP contribution in [0.5, 0.6) is 5.88 Å². The minimum Gasteiger partial charge on any atom is -0.391 e. The van der Waals surface area contributed by atoms with E-state index in [4.69, 9.17) is 4.74 Å². The van der Waals surface area contributed by atoms with Gasteiger partial charge in [0.2, 0.25) is 5.88 Å². The van der Waals surface area contributed by atoms with Crippen molar-refractivity contribution in [2.24, 2.45) is 7.05 Å². The number of carbonyl (C=O) groups is 1. The second-order valence-electron chi connectivity index (χ2n) is 6.60. The third-order valence-electron chi connectivity index (χ3n) is 4.25. The van der Waals surface area contributed by atoms with Crippen LogP contribution in [0.3, 0.4) is 0 Å². The Kier molecular flexibility index (Phi) is 5.70. The molecule has 31 heavy (non-hydrogen) atoms. The molecule has 11 heteroatoms. The van der Waals surface area contributed by atoms with Crippen LogP contribution in [-0.2, 0) is 19.4 Å². The minimum atomic E-state index is -4.85. The number of aryl methyl sites for hydroxylation is 2. The van der Waals surface area contributed by atoms with Crippen LogP contribution in [-0.4, -0.2) is 15.9 Å². The third-order valence-corrected chi connectivity index (χ3v) is 4.25. The zero-order valence-electron chi connectivity index (χ0n) is 16.1. The van der Waals surface area contributed by atoms with E-state index >= 15 is 0 Å². The molecule has 0 bridgehead atoms. The topological polar surface area (TPSA) is 56.1 Å². The fourth-order valence-corrected chi connectivity index (χ4v) is 2.86. The number of halogens is 6. The maximum Gasteiger partial charge on any atom is 0.418 e. The average Bonchev–Trinajstić information content (AvgIpc) is 2.97. The Hall–Kier alpha value is -3.50. The van der Waals surface area contributed by atoms with Gasteiger partial charge in [-0.2, -0.15) is 31.4 Å². The quantitative estimate of drug-likeness (QED) is 0.502. The summed E-state index contributed by atoms with van der Waals surface area (Å²) < 4.78 is 85.2. The molecule has 0 aliphatic rings. The molecule has 0 unspecified atom stereocenters. The lowest BCUT2D eigenvalue weighted by Gasteiger charge is -2.16. The molecule has 0 aliphatic heterocycles. The van der Waals surface area contributed by atoms with Crippen molar-refractivity contribution in [1.82, 2.24) is 9.78 Å². The van der Waals surface area contributed by atoms with E-state index in [0.717, 1.165) is 0 Å². The van der Waals surface area contributed by atoms with Crippen molar-refractivity contribution >= 4 is 11.8 Å². The summed E-state index contributed by atoms with van der Waals surface area (Å²) in [5.41, 5.74) is -2.33. The van der Waals surface area contributed by atoms with Gasteiger partial charge in [0.05, 0.1) is 16.8 Å². The highest BCUT2D eigenvalue weighted by Crippen LogP contribution is 2.40. The predicted octanol–water partition coefficient (Wildman–Crippen LogP) is 6.04. The largest absolute Gasteiger partial charge is 0.418 e. The summed E-state index contributed by atoms with van der Waals surface area (Å²) in [5, 5.41) is 6.39. The second-order valence-corrected chi connectivity index (χ2v) is 6.60. The van der Waals surface area contributed by atoms with Crippen LogP contribution in [0, 0.1) is 6.92 Å². The lowest BCUT2D eigenvalue weighted by molar-refractivity contribution is -0.141. The zero-order chi connectivity index (χ0) is 23.0. The van der Waals surface area contributed by atoms with Crippen LogP contribution >= 0.6 is 0 Å². The van der Waals surface area contributed by atoms with E-state index in [1.54, 1.807) is 14.0 Å². The number of nitrogens with one attached hydrogen (secondary N) is 1. The van der Waals surface area contributed by atoms with Gasteiger partial charge in [-0.15, -0.1) is 0 Å². The van der Waals surface area contributed by atoms with E-state index in [1.165, 1.54) is 35.0 Å². The first-order valence-electron chi connectivity index (χ1n) is 8.73. The monoisotopic (exact) mass is 443 g/mol. The molecule has 0 atom stereocenters. The summed E-state index contributed by atoms with van der Waals surface area (Å²) >= 11 is 0. The Morgan fingerprint density at radius 2 is 1.61 bits per heavy atom. The number of alkyl halides is 6. The first-order valence-corrected chi connectivity index (χ1v) is 8.73. The van der Waals surface area contributed by atoms with Gasteiger partial charge in [-0.1, -0.05) is 12.1 Å². The Balaban J connectivity index is 1.85. The van der Waals surface area contributed by atoms with Gasteiger partial charge in [-0.3, -0.25) is 5.32 Å². The Morgan fingerprint density at radius 3 is 2.13 bits per heavy atom. The molecule has 164 valence electrons. The van der Waals surface area contributed by atoms with Gasteiger partial charge in [-0.05, 0) is 48.4 Å². The number of benzene rings is 2. The maximum absolute atomic E-state index is 13.3. The Labute approximate surface area is 172 Å². The zero-order valence-corrected chi connectivity index (χ0v) is 16.1. The number of nitrogens with zero attached hydrogens (tertiary/aromatic N) is 2. The summed E-state index contributed by atoms with van der Waals surface area (Å²) in [6.07, 6.45) is -10.5. The van der Waals surface area contributed by atoms with E-state index in [0.29, 0.717) is 23.9 Å². The predicted molar refractivity (Wildman–Crippen MR) is 99.5 cm³/mol. The van der Waals surface area contributed by atoms with E-state index in [1.807, 2.05) is 0 Å². The number of ether oxygens (including phenoxy) is 1. The molecule has 0 saturated carbocycles. The SMILES string of the molecule is Cc1cc(OC(=O)Nc2ccc(-c3cc(C(F)(F)F)ccc3C(F)(F)F)cc2)n(C)n1. The Morgan fingerprint density at radius 1 is 0.968 bits per heavy atom. The van der Waals surface area contributed by atoms with Crippen LogP contribution in [0.15, 0.2) is 48.5 Å². The first kappa shape index (κ1) is 22.2. The standard InChI is InChI=1S/C20H15F6N3O2/c1-11-9-17(29(2)28-11)31-18(30)27-14-6-3-12(4-7-14)15-10-13(19(21,22)23)5-8-16(15)20(24,25)26/h3-10H,1-2H3,(H,27,30). The van der Waals surface area contributed by atoms with Crippen LogP contribution in [0.1, 0.15) is 16.8 Å². The van der Waals surface area contributed by atoms with E-state index < -0.39 is 35.1 Å². The molecule has 1 N–H and O–H groups in total.